The molecule has 1 unspecified atom stereocenters. The second-order valence-corrected chi connectivity index (χ2v) is 6.68. The molecule has 0 saturated carbocycles. The van der Waals surface area contributed by atoms with Crippen LogP contribution in [0.1, 0.15) is 16.5 Å². The molecule has 2 aromatic rings. The molecule has 8 heteroatoms. The van der Waals surface area contributed by atoms with Crippen LogP contribution in [0.3, 0.4) is 0 Å². The maximum Gasteiger partial charge on any atom is 0.254 e. The molecule has 2 rings (SSSR count). The van der Waals surface area contributed by atoms with E-state index < -0.39 is 15.9 Å². The molecule has 1 amide bonds. The fourth-order valence-electron chi connectivity index (χ4n) is 1.59. The number of benzene rings is 1. The second kappa shape index (κ2) is 6.22. The minimum Gasteiger partial charge on any atom is -0.328 e. The maximum absolute atomic E-state index is 12.2. The first kappa shape index (κ1) is 15.4. The molecule has 1 aromatic heterocycles. The van der Waals surface area contributed by atoms with Gasteiger partial charge in [0, 0.05) is 12.4 Å². The summed E-state index contributed by atoms with van der Waals surface area (Å²) in [5.41, 5.74) is 0.300. The number of hydrogen-bond acceptors (Lipinski definition) is 2. The Morgan fingerprint density at radius 3 is 2.55 bits per heavy atom. The van der Waals surface area contributed by atoms with Crippen LogP contribution in [0.25, 0.3) is 0 Å². The van der Waals surface area contributed by atoms with E-state index in [1.165, 1.54) is 17.1 Å². The fourth-order valence-corrected chi connectivity index (χ4v) is 2.32. The molecule has 20 heavy (non-hydrogen) atoms. The lowest BCUT2D eigenvalue weighted by molar-refractivity contribution is 0.0920. The number of imidazole rings is 1. The molecule has 0 radical (unpaired) electrons. The fraction of sp³-hybridized carbons (Fsp3) is 0.167. The highest BCUT2D eigenvalue weighted by Crippen LogP contribution is 2.36. The van der Waals surface area contributed by atoms with Gasteiger partial charge in [0.15, 0.2) is 6.17 Å². The predicted molar refractivity (Wildman–Crippen MR) is 80.5 cm³/mol. The van der Waals surface area contributed by atoms with Gasteiger partial charge in [-0.05, 0) is 12.1 Å². The summed E-state index contributed by atoms with van der Waals surface area (Å²) in [5, 5.41) is 2.94. The van der Waals surface area contributed by atoms with Gasteiger partial charge in [0.25, 0.3) is 5.91 Å². The van der Waals surface area contributed by atoms with Gasteiger partial charge in [0.05, 0.1) is 16.9 Å². The number of alkyl halides is 3. The summed E-state index contributed by atoms with van der Waals surface area (Å²) in [6.07, 6.45) is 3.64. The summed E-state index contributed by atoms with van der Waals surface area (Å²) in [6, 6.07) is 6.61. The maximum atomic E-state index is 12.2. The summed E-state index contributed by atoms with van der Waals surface area (Å²) in [4.78, 5) is 16.1. The highest BCUT2D eigenvalue weighted by atomic mass is 35.6. The number of nitrogens with one attached hydrogen (secondary N) is 1. The van der Waals surface area contributed by atoms with Crippen molar-refractivity contribution >= 4 is 52.3 Å². The van der Waals surface area contributed by atoms with E-state index in [-0.39, 0.29) is 0 Å². The molecule has 1 aromatic carbocycles. The van der Waals surface area contributed by atoms with Gasteiger partial charge in [-0.3, -0.25) is 4.79 Å². The number of aromatic nitrogens is 2. The lowest BCUT2D eigenvalue weighted by atomic mass is 10.2. The van der Waals surface area contributed by atoms with Crippen molar-refractivity contribution < 1.29 is 4.79 Å². The first-order chi connectivity index (χ1) is 9.39. The molecule has 0 aliphatic heterocycles. The Hall–Kier alpha value is -0.940. The van der Waals surface area contributed by atoms with Crippen molar-refractivity contribution in [2.24, 2.45) is 0 Å². The average Bonchev–Trinajstić information content (AvgIpc) is 2.88. The number of amides is 1. The number of nitrogens with zero attached hydrogens (tertiary/aromatic N) is 2. The van der Waals surface area contributed by atoms with Crippen LogP contribution in [0.15, 0.2) is 43.0 Å². The third-order valence-electron chi connectivity index (χ3n) is 2.52. The third-order valence-corrected chi connectivity index (χ3v) is 3.47. The first-order valence-electron chi connectivity index (χ1n) is 5.49. The van der Waals surface area contributed by atoms with Gasteiger partial charge < -0.3 is 9.88 Å². The topological polar surface area (TPSA) is 46.9 Å². The van der Waals surface area contributed by atoms with Crippen molar-refractivity contribution in [1.29, 1.82) is 0 Å². The Bertz CT molecular complexity index is 595. The van der Waals surface area contributed by atoms with Crippen LogP contribution in [0.2, 0.25) is 5.02 Å². The number of hydrogen-bond donors (Lipinski definition) is 1. The highest BCUT2D eigenvalue weighted by Gasteiger charge is 2.35. The monoisotopic (exact) mass is 351 g/mol. The van der Waals surface area contributed by atoms with Crippen molar-refractivity contribution in [2.45, 2.75) is 9.96 Å². The van der Waals surface area contributed by atoms with Crippen molar-refractivity contribution in [3.8, 4) is 0 Å². The summed E-state index contributed by atoms with van der Waals surface area (Å²) < 4.78 is -0.251. The van der Waals surface area contributed by atoms with E-state index >= 15 is 0 Å². The Morgan fingerprint density at radius 2 is 2.00 bits per heavy atom. The third kappa shape index (κ3) is 3.58. The van der Waals surface area contributed by atoms with Crippen LogP contribution in [-0.4, -0.2) is 19.3 Å². The highest BCUT2D eigenvalue weighted by molar-refractivity contribution is 6.68. The number of halogens is 4. The van der Waals surface area contributed by atoms with Crippen LogP contribution < -0.4 is 5.32 Å². The van der Waals surface area contributed by atoms with Gasteiger partial charge in [-0.15, -0.1) is 0 Å². The Morgan fingerprint density at radius 1 is 1.30 bits per heavy atom. The molecule has 1 heterocycles. The van der Waals surface area contributed by atoms with Crippen LogP contribution in [-0.2, 0) is 0 Å². The molecule has 4 nitrogen and oxygen atoms in total. The molecule has 0 saturated heterocycles. The van der Waals surface area contributed by atoms with E-state index in [1.54, 1.807) is 30.5 Å². The standard InChI is InChI=1S/C12H9Cl4N3O/c13-9-4-2-1-3-8(9)10(20)18-11(12(14,15)16)19-6-5-17-7-19/h1-7,11H,(H,18,20). The van der Waals surface area contributed by atoms with E-state index in [9.17, 15) is 4.79 Å². The molecule has 1 atom stereocenters. The van der Waals surface area contributed by atoms with Gasteiger partial charge in [-0.2, -0.15) is 0 Å². The Labute approximate surface area is 135 Å². The molecule has 0 bridgehead atoms. The molecular formula is C12H9Cl4N3O. The molecule has 106 valence electrons. The second-order valence-electron chi connectivity index (χ2n) is 3.91. The van der Waals surface area contributed by atoms with Crippen molar-refractivity contribution in [3.63, 3.8) is 0 Å². The molecule has 0 aliphatic carbocycles. The summed E-state index contributed by atoms with van der Waals surface area (Å²) in [5.74, 6) is -0.444. The quantitative estimate of drug-likeness (QED) is 0.853. The molecule has 0 spiro atoms. The zero-order valence-electron chi connectivity index (χ0n) is 9.93. The number of carbonyl (C=O) groups is 1. The van der Waals surface area contributed by atoms with Crippen LogP contribution in [0.4, 0.5) is 0 Å². The normalized spacial score (nSPS) is 13.0. The van der Waals surface area contributed by atoms with Gasteiger partial charge in [-0.25, -0.2) is 4.98 Å². The van der Waals surface area contributed by atoms with Crippen molar-refractivity contribution in [1.82, 2.24) is 14.9 Å². The van der Waals surface area contributed by atoms with Gasteiger partial charge in [-0.1, -0.05) is 58.5 Å². The van der Waals surface area contributed by atoms with Crippen LogP contribution in [0.5, 0.6) is 0 Å². The van der Waals surface area contributed by atoms with Crippen LogP contribution in [0, 0.1) is 0 Å². The first-order valence-corrected chi connectivity index (χ1v) is 7.00. The smallest absolute Gasteiger partial charge is 0.254 e. The van der Waals surface area contributed by atoms with E-state index in [0.717, 1.165) is 0 Å². The Kier molecular flexibility index (Phi) is 4.81. The molecule has 1 N–H and O–H groups in total. The van der Waals surface area contributed by atoms with Crippen molar-refractivity contribution in [3.05, 3.63) is 53.6 Å². The predicted octanol–water partition coefficient (Wildman–Crippen LogP) is 3.84. The lowest BCUT2D eigenvalue weighted by Crippen LogP contribution is -2.40. The zero-order valence-corrected chi connectivity index (χ0v) is 13.0. The van der Waals surface area contributed by atoms with E-state index in [1.807, 2.05) is 0 Å². The molecule has 0 fully saturated rings. The summed E-state index contributed by atoms with van der Waals surface area (Å²) in [7, 11) is 0. The lowest BCUT2D eigenvalue weighted by Gasteiger charge is -2.26. The van der Waals surface area contributed by atoms with Gasteiger partial charge >= 0.3 is 0 Å². The van der Waals surface area contributed by atoms with Crippen molar-refractivity contribution in [2.75, 3.05) is 0 Å². The molecule has 0 aliphatic rings. The number of rotatable bonds is 3. The summed E-state index contributed by atoms with van der Waals surface area (Å²) in [6.45, 7) is 0. The Balaban J connectivity index is 2.26. The molecular weight excluding hydrogens is 344 g/mol. The SMILES string of the molecule is O=C(NC(n1ccnc1)C(Cl)(Cl)Cl)c1ccccc1Cl. The van der Waals surface area contributed by atoms with E-state index in [4.69, 9.17) is 46.4 Å². The van der Waals surface area contributed by atoms with Gasteiger partial charge in [0.1, 0.15) is 0 Å². The zero-order chi connectivity index (χ0) is 14.8. The average molecular weight is 353 g/mol. The largest absolute Gasteiger partial charge is 0.328 e. The van der Waals surface area contributed by atoms with Crippen LogP contribution >= 0.6 is 46.4 Å². The van der Waals surface area contributed by atoms with E-state index in [2.05, 4.69) is 10.3 Å². The summed E-state index contributed by atoms with van der Waals surface area (Å²) >= 11 is 23.7. The number of carbonyl (C=O) groups excluding carboxylic acids is 1. The minimum absolute atomic E-state index is 0.300. The minimum atomic E-state index is -1.74. The van der Waals surface area contributed by atoms with Gasteiger partial charge in [0.2, 0.25) is 3.79 Å². The van der Waals surface area contributed by atoms with E-state index in [0.29, 0.717) is 10.6 Å².